The van der Waals surface area contributed by atoms with Gasteiger partial charge in [0.15, 0.2) is 0 Å². The summed E-state index contributed by atoms with van der Waals surface area (Å²) in [4.78, 5) is 25.2. The Morgan fingerprint density at radius 3 is 1.26 bits per heavy atom. The molecule has 378 valence electrons. The lowest BCUT2D eigenvalue weighted by atomic mass is 10.1. The van der Waals surface area contributed by atoms with Gasteiger partial charge in [-0.15, -0.1) is 0 Å². The molecule has 0 spiro atoms. The number of phosphoric acid groups is 1. The van der Waals surface area contributed by atoms with Crippen LogP contribution < -0.4 is 4.89 Å². The fraction of sp³-hybridized carbons (Fsp3) is 0.768. The molecule has 0 heterocycles. The molecule has 9 heteroatoms. The van der Waals surface area contributed by atoms with Crippen LogP contribution in [0, 0.1) is 0 Å². The molecule has 0 bridgehead atoms. The number of ether oxygens (including phenoxy) is 2. The van der Waals surface area contributed by atoms with Crippen LogP contribution in [0.3, 0.4) is 0 Å². The second-order valence-electron chi connectivity index (χ2n) is 18.9. The lowest BCUT2D eigenvalue weighted by molar-refractivity contribution is -0.870. The normalized spacial score (nSPS) is 14.1. The van der Waals surface area contributed by atoms with E-state index >= 15 is 0 Å². The molecule has 0 aromatic carbocycles. The zero-order chi connectivity index (χ0) is 47.6. The Balaban J connectivity index is 4.20. The third kappa shape index (κ3) is 52.8. The number of carbonyl (C=O) groups excluding carboxylic acids is 1. The van der Waals surface area contributed by atoms with E-state index in [0.29, 0.717) is 24.1 Å². The van der Waals surface area contributed by atoms with Gasteiger partial charge in [-0.3, -0.25) is 9.36 Å². The van der Waals surface area contributed by atoms with Crippen LogP contribution in [0.4, 0.5) is 0 Å². The van der Waals surface area contributed by atoms with E-state index in [-0.39, 0.29) is 25.8 Å². The molecule has 0 N–H and O–H groups in total. The van der Waals surface area contributed by atoms with E-state index in [1.165, 1.54) is 116 Å². The summed E-state index contributed by atoms with van der Waals surface area (Å²) in [6, 6.07) is 0. The standard InChI is InChI=1S/C56H102NO7P/c1-6-8-10-12-14-16-18-20-22-24-26-28-30-32-34-36-38-40-42-44-46-48-51-61-53-55(54-63-65(59,60)62-52-50-57(3,4)5)64-56(58)49-47-45-43-41-39-37-35-33-31-29-27-25-23-21-19-17-15-13-11-9-7-2/h18-21,24-27,30-33,55H,6-17,22-23,28-29,34-54H2,1-5H3/b20-18-,21-19-,26-24-,27-25-,32-30-,33-31-. The number of phosphoric ester groups is 1. The van der Waals surface area contributed by atoms with Crippen molar-refractivity contribution in [2.24, 2.45) is 0 Å². The van der Waals surface area contributed by atoms with Gasteiger partial charge in [0.1, 0.15) is 19.3 Å². The van der Waals surface area contributed by atoms with Crippen molar-refractivity contribution in [2.45, 2.75) is 225 Å². The van der Waals surface area contributed by atoms with Crippen LogP contribution in [0.2, 0.25) is 0 Å². The summed E-state index contributed by atoms with van der Waals surface area (Å²) >= 11 is 0. The Morgan fingerprint density at radius 1 is 0.477 bits per heavy atom. The Bertz CT molecular complexity index is 1270. The van der Waals surface area contributed by atoms with Gasteiger partial charge in [-0.25, -0.2) is 0 Å². The number of carbonyl (C=O) groups is 1. The van der Waals surface area contributed by atoms with Gasteiger partial charge in [-0.2, -0.15) is 0 Å². The molecular weight excluding hydrogens is 830 g/mol. The first-order valence-electron chi connectivity index (χ1n) is 26.7. The molecule has 0 rings (SSSR count). The monoisotopic (exact) mass is 932 g/mol. The van der Waals surface area contributed by atoms with Crippen LogP contribution in [0.25, 0.3) is 0 Å². The van der Waals surface area contributed by atoms with E-state index in [2.05, 4.69) is 86.8 Å². The largest absolute Gasteiger partial charge is 0.756 e. The highest BCUT2D eigenvalue weighted by Crippen LogP contribution is 2.38. The molecule has 2 atom stereocenters. The van der Waals surface area contributed by atoms with Gasteiger partial charge in [-0.05, 0) is 89.9 Å². The van der Waals surface area contributed by atoms with Crippen molar-refractivity contribution in [1.82, 2.24) is 0 Å². The minimum atomic E-state index is -4.54. The average Bonchev–Trinajstić information content (AvgIpc) is 3.27. The average molecular weight is 932 g/mol. The molecule has 0 fully saturated rings. The molecule has 0 amide bonds. The van der Waals surface area contributed by atoms with Crippen LogP contribution in [0.15, 0.2) is 72.9 Å². The third-order valence-corrected chi connectivity index (χ3v) is 12.2. The molecule has 0 aliphatic carbocycles. The molecule has 65 heavy (non-hydrogen) atoms. The van der Waals surface area contributed by atoms with E-state index in [0.717, 1.165) is 83.5 Å². The van der Waals surface area contributed by atoms with Crippen LogP contribution in [0.5, 0.6) is 0 Å². The van der Waals surface area contributed by atoms with Gasteiger partial charge in [0.05, 0.1) is 34.4 Å². The van der Waals surface area contributed by atoms with Crippen molar-refractivity contribution in [2.75, 3.05) is 54.1 Å². The number of quaternary nitrogens is 1. The molecule has 2 unspecified atom stereocenters. The molecule has 0 aliphatic rings. The highest BCUT2D eigenvalue weighted by atomic mass is 31.2. The molecule has 0 aromatic rings. The summed E-state index contributed by atoms with van der Waals surface area (Å²) in [5.41, 5.74) is 0. The van der Waals surface area contributed by atoms with Crippen LogP contribution in [-0.2, 0) is 27.9 Å². The van der Waals surface area contributed by atoms with Crippen LogP contribution in [0.1, 0.15) is 219 Å². The fourth-order valence-corrected chi connectivity index (χ4v) is 7.82. The summed E-state index contributed by atoms with van der Waals surface area (Å²) in [5.74, 6) is -0.351. The minimum Gasteiger partial charge on any atom is -0.756 e. The van der Waals surface area contributed by atoms with Crippen molar-refractivity contribution < 1.29 is 37.3 Å². The van der Waals surface area contributed by atoms with Gasteiger partial charge in [0, 0.05) is 13.0 Å². The predicted molar refractivity (Wildman–Crippen MR) is 277 cm³/mol. The first-order valence-corrected chi connectivity index (χ1v) is 28.1. The fourth-order valence-electron chi connectivity index (χ4n) is 7.09. The molecule has 0 aliphatic heterocycles. The van der Waals surface area contributed by atoms with Crippen LogP contribution in [-0.4, -0.2) is 70.7 Å². The van der Waals surface area contributed by atoms with Crippen molar-refractivity contribution in [3.63, 3.8) is 0 Å². The minimum absolute atomic E-state index is 0.0177. The molecule has 0 radical (unpaired) electrons. The highest BCUT2D eigenvalue weighted by molar-refractivity contribution is 7.45. The zero-order valence-electron chi connectivity index (χ0n) is 42.9. The van der Waals surface area contributed by atoms with E-state index in [1.54, 1.807) is 0 Å². The smallest absolute Gasteiger partial charge is 0.306 e. The van der Waals surface area contributed by atoms with Crippen molar-refractivity contribution in [3.8, 4) is 0 Å². The SMILES string of the molecule is CCCCCCC/C=C\C/C=C\C/C=C\CCCCCCCCCOCC(COP(=O)([O-])OCC[N+](C)(C)C)OC(=O)CCCCCCCC/C=C\C/C=C\C/C=C\CCCCCCC. The topological polar surface area (TPSA) is 94.1 Å². The lowest BCUT2D eigenvalue weighted by Crippen LogP contribution is -2.37. The Morgan fingerprint density at radius 2 is 0.846 bits per heavy atom. The van der Waals surface area contributed by atoms with E-state index < -0.39 is 13.9 Å². The number of nitrogens with zero attached hydrogens (tertiary/aromatic N) is 1. The number of allylic oxidation sites excluding steroid dienone is 12. The predicted octanol–water partition coefficient (Wildman–Crippen LogP) is 16.0. The van der Waals surface area contributed by atoms with Gasteiger partial charge >= 0.3 is 5.97 Å². The first kappa shape index (κ1) is 62.9. The molecule has 0 saturated heterocycles. The first-order chi connectivity index (χ1) is 31.6. The van der Waals surface area contributed by atoms with E-state index in [1.807, 2.05) is 21.1 Å². The number of hydrogen-bond donors (Lipinski definition) is 0. The molecule has 8 nitrogen and oxygen atoms in total. The van der Waals surface area contributed by atoms with Gasteiger partial charge < -0.3 is 27.9 Å². The van der Waals surface area contributed by atoms with Gasteiger partial charge in [0.25, 0.3) is 7.82 Å². The number of esters is 1. The Labute approximate surface area is 402 Å². The quantitative estimate of drug-likeness (QED) is 0.0197. The highest BCUT2D eigenvalue weighted by Gasteiger charge is 2.20. The summed E-state index contributed by atoms with van der Waals surface area (Å²) in [7, 11) is 1.33. The Hall–Kier alpha value is -2.06. The maximum atomic E-state index is 12.8. The van der Waals surface area contributed by atoms with Gasteiger partial charge in [0.2, 0.25) is 0 Å². The van der Waals surface area contributed by atoms with Crippen LogP contribution >= 0.6 is 7.82 Å². The summed E-state index contributed by atoms with van der Waals surface area (Å²) in [6.07, 6.45) is 63.5. The number of hydrogen-bond acceptors (Lipinski definition) is 7. The van der Waals surface area contributed by atoms with E-state index in [9.17, 15) is 14.3 Å². The molecule has 0 saturated carbocycles. The number of rotatable bonds is 49. The summed E-state index contributed by atoms with van der Waals surface area (Å²) in [5, 5.41) is 0. The van der Waals surface area contributed by atoms with Crippen molar-refractivity contribution in [1.29, 1.82) is 0 Å². The zero-order valence-corrected chi connectivity index (χ0v) is 43.8. The molecule has 0 aromatic heterocycles. The third-order valence-electron chi connectivity index (χ3n) is 11.2. The maximum Gasteiger partial charge on any atom is 0.306 e. The second kappa shape index (κ2) is 48.4. The Kier molecular flexibility index (Phi) is 46.9. The summed E-state index contributed by atoms with van der Waals surface area (Å²) in [6.45, 7) is 5.35. The molecular formula is C56H102NO7P. The lowest BCUT2D eigenvalue weighted by Gasteiger charge is -2.28. The summed E-state index contributed by atoms with van der Waals surface area (Å²) < 4.78 is 34.8. The number of unbranched alkanes of at least 4 members (excludes halogenated alkanes) is 23. The number of likely N-dealkylation sites (N-methyl/N-ethyl adjacent to an activating group) is 1. The van der Waals surface area contributed by atoms with Crippen molar-refractivity contribution in [3.05, 3.63) is 72.9 Å². The maximum absolute atomic E-state index is 12.8. The van der Waals surface area contributed by atoms with Gasteiger partial charge in [-0.1, -0.05) is 196 Å². The van der Waals surface area contributed by atoms with E-state index in [4.69, 9.17) is 18.5 Å². The van der Waals surface area contributed by atoms with Crippen molar-refractivity contribution >= 4 is 13.8 Å². The second-order valence-corrected chi connectivity index (χ2v) is 20.3.